The molecule has 104 valence electrons. The van der Waals surface area contributed by atoms with E-state index < -0.39 is 0 Å². The number of hydrogen-bond donors (Lipinski definition) is 0. The fourth-order valence-corrected chi connectivity index (χ4v) is 3.33. The lowest BCUT2D eigenvalue weighted by Gasteiger charge is -2.40. The summed E-state index contributed by atoms with van der Waals surface area (Å²) < 4.78 is 0. The highest BCUT2D eigenvalue weighted by Crippen LogP contribution is 2.20. The van der Waals surface area contributed by atoms with Gasteiger partial charge in [0.1, 0.15) is 5.78 Å². The Bertz CT molecular complexity index is 253. The van der Waals surface area contributed by atoms with E-state index in [0.717, 1.165) is 32.0 Å². The van der Waals surface area contributed by atoms with Crippen LogP contribution in [0, 0.1) is 0 Å². The predicted molar refractivity (Wildman–Crippen MR) is 74.8 cm³/mol. The molecule has 0 N–H and O–H groups in total. The van der Waals surface area contributed by atoms with E-state index >= 15 is 0 Å². The SMILES string of the molecule is CCCC(=O)CN1CCC(N2CCCCC2)CC1. The van der Waals surface area contributed by atoms with Gasteiger partial charge in [-0.25, -0.2) is 0 Å². The minimum absolute atomic E-state index is 0.425. The number of Topliss-reactive ketones (excluding diaryl/α,β-unsaturated/α-hetero) is 1. The second-order valence-corrected chi connectivity index (χ2v) is 5.89. The maximum Gasteiger partial charge on any atom is 0.146 e. The Balaban J connectivity index is 1.69. The molecule has 2 aliphatic rings. The van der Waals surface area contributed by atoms with Crippen molar-refractivity contribution in [2.45, 2.75) is 57.9 Å². The Hall–Kier alpha value is -0.410. The van der Waals surface area contributed by atoms with Crippen LogP contribution >= 0.6 is 0 Å². The molecule has 2 heterocycles. The van der Waals surface area contributed by atoms with Crippen molar-refractivity contribution < 1.29 is 4.79 Å². The quantitative estimate of drug-likeness (QED) is 0.750. The molecule has 0 spiro atoms. The molecule has 0 amide bonds. The van der Waals surface area contributed by atoms with Gasteiger partial charge in [0.15, 0.2) is 0 Å². The van der Waals surface area contributed by atoms with Crippen molar-refractivity contribution in [1.82, 2.24) is 9.80 Å². The van der Waals surface area contributed by atoms with Crippen LogP contribution in [-0.2, 0) is 4.79 Å². The molecule has 2 saturated heterocycles. The molecule has 3 heteroatoms. The highest BCUT2D eigenvalue weighted by molar-refractivity contribution is 5.80. The van der Waals surface area contributed by atoms with Gasteiger partial charge in [0.25, 0.3) is 0 Å². The molecule has 0 radical (unpaired) electrons. The first-order chi connectivity index (χ1) is 8.79. The highest BCUT2D eigenvalue weighted by atomic mass is 16.1. The zero-order chi connectivity index (χ0) is 12.8. The Morgan fingerprint density at radius 3 is 2.33 bits per heavy atom. The Labute approximate surface area is 112 Å². The van der Waals surface area contributed by atoms with Crippen LogP contribution in [0.2, 0.25) is 0 Å². The average molecular weight is 252 g/mol. The van der Waals surface area contributed by atoms with Crippen molar-refractivity contribution in [3.8, 4) is 0 Å². The van der Waals surface area contributed by atoms with Crippen LogP contribution in [0.3, 0.4) is 0 Å². The summed E-state index contributed by atoms with van der Waals surface area (Å²) in [5, 5.41) is 0. The van der Waals surface area contributed by atoms with Gasteiger partial charge >= 0.3 is 0 Å². The molecule has 2 fully saturated rings. The second kappa shape index (κ2) is 7.25. The summed E-state index contributed by atoms with van der Waals surface area (Å²) in [5.74, 6) is 0.425. The van der Waals surface area contributed by atoms with Crippen molar-refractivity contribution >= 4 is 5.78 Å². The normalized spacial score (nSPS) is 24.3. The standard InChI is InChI=1S/C15H28N2O/c1-2-6-15(18)13-16-11-7-14(8-12-16)17-9-4-3-5-10-17/h14H,2-13H2,1H3. The van der Waals surface area contributed by atoms with Crippen molar-refractivity contribution in [3.05, 3.63) is 0 Å². The molecular formula is C15H28N2O. The highest BCUT2D eigenvalue weighted by Gasteiger charge is 2.25. The number of nitrogens with zero attached hydrogens (tertiary/aromatic N) is 2. The van der Waals surface area contributed by atoms with Crippen molar-refractivity contribution in [2.75, 3.05) is 32.7 Å². The third-order valence-corrected chi connectivity index (χ3v) is 4.39. The van der Waals surface area contributed by atoms with Gasteiger partial charge in [-0.1, -0.05) is 13.3 Å². The van der Waals surface area contributed by atoms with E-state index in [1.54, 1.807) is 0 Å². The molecule has 18 heavy (non-hydrogen) atoms. The Morgan fingerprint density at radius 1 is 1.06 bits per heavy atom. The molecule has 0 bridgehead atoms. The van der Waals surface area contributed by atoms with Crippen LogP contribution in [-0.4, -0.2) is 54.3 Å². The van der Waals surface area contributed by atoms with E-state index in [-0.39, 0.29) is 0 Å². The van der Waals surface area contributed by atoms with Gasteiger partial charge in [-0.2, -0.15) is 0 Å². The monoisotopic (exact) mass is 252 g/mol. The third kappa shape index (κ3) is 4.06. The number of carbonyl (C=O) groups excluding carboxylic acids is 1. The van der Waals surface area contributed by atoms with E-state index in [1.165, 1.54) is 45.2 Å². The molecule has 0 aromatic rings. The first-order valence-corrected chi connectivity index (χ1v) is 7.77. The predicted octanol–water partition coefficient (Wildman–Crippen LogP) is 2.31. The number of likely N-dealkylation sites (tertiary alicyclic amines) is 2. The maximum atomic E-state index is 11.6. The molecule has 2 aliphatic heterocycles. The minimum atomic E-state index is 0.425. The van der Waals surface area contributed by atoms with Gasteiger partial charge in [0, 0.05) is 25.6 Å². The lowest BCUT2D eigenvalue weighted by Crippen LogP contribution is -2.47. The fourth-order valence-electron chi connectivity index (χ4n) is 3.33. The van der Waals surface area contributed by atoms with Gasteiger partial charge in [-0.3, -0.25) is 9.69 Å². The number of piperidine rings is 2. The zero-order valence-electron chi connectivity index (χ0n) is 11.9. The molecule has 0 aromatic carbocycles. The maximum absolute atomic E-state index is 11.6. The summed E-state index contributed by atoms with van der Waals surface area (Å²) in [6.07, 6.45) is 8.46. The molecule has 0 atom stereocenters. The lowest BCUT2D eigenvalue weighted by molar-refractivity contribution is -0.120. The molecule has 3 nitrogen and oxygen atoms in total. The Kier molecular flexibility index (Phi) is 5.64. The van der Waals surface area contributed by atoms with Crippen LogP contribution in [0.1, 0.15) is 51.9 Å². The summed E-state index contributed by atoms with van der Waals surface area (Å²) in [4.78, 5) is 16.7. The minimum Gasteiger partial charge on any atom is -0.300 e. The number of ketones is 1. The first-order valence-electron chi connectivity index (χ1n) is 7.77. The van der Waals surface area contributed by atoms with Gasteiger partial charge in [-0.15, -0.1) is 0 Å². The largest absolute Gasteiger partial charge is 0.300 e. The summed E-state index contributed by atoms with van der Waals surface area (Å²) in [6.45, 7) is 7.63. The van der Waals surface area contributed by atoms with Gasteiger partial charge in [0.05, 0.1) is 6.54 Å². The smallest absolute Gasteiger partial charge is 0.146 e. The van der Waals surface area contributed by atoms with Crippen molar-refractivity contribution in [1.29, 1.82) is 0 Å². The van der Waals surface area contributed by atoms with E-state index in [4.69, 9.17) is 0 Å². The number of carbonyl (C=O) groups is 1. The summed E-state index contributed by atoms with van der Waals surface area (Å²) in [7, 11) is 0. The lowest BCUT2D eigenvalue weighted by atomic mass is 9.99. The first kappa shape index (κ1) is 14.0. The van der Waals surface area contributed by atoms with E-state index in [0.29, 0.717) is 12.3 Å². The second-order valence-electron chi connectivity index (χ2n) is 5.89. The van der Waals surface area contributed by atoms with Gasteiger partial charge in [0.2, 0.25) is 0 Å². The van der Waals surface area contributed by atoms with Crippen molar-refractivity contribution in [2.24, 2.45) is 0 Å². The molecular weight excluding hydrogens is 224 g/mol. The van der Waals surface area contributed by atoms with Gasteiger partial charge in [-0.05, 0) is 45.2 Å². The molecule has 0 aromatic heterocycles. The number of hydrogen-bond acceptors (Lipinski definition) is 3. The van der Waals surface area contributed by atoms with Crippen LogP contribution in [0.5, 0.6) is 0 Å². The summed E-state index contributed by atoms with van der Waals surface area (Å²) in [6, 6.07) is 0.794. The van der Waals surface area contributed by atoms with Crippen LogP contribution < -0.4 is 0 Å². The molecule has 0 unspecified atom stereocenters. The average Bonchev–Trinajstić information content (AvgIpc) is 2.41. The third-order valence-electron chi connectivity index (χ3n) is 4.39. The Morgan fingerprint density at radius 2 is 1.72 bits per heavy atom. The zero-order valence-corrected chi connectivity index (χ0v) is 11.9. The van der Waals surface area contributed by atoms with Crippen LogP contribution in [0.4, 0.5) is 0 Å². The molecule has 0 aliphatic carbocycles. The molecule has 2 rings (SSSR count). The fraction of sp³-hybridized carbons (Fsp3) is 0.933. The number of rotatable bonds is 5. The molecule has 0 saturated carbocycles. The van der Waals surface area contributed by atoms with Crippen LogP contribution in [0.25, 0.3) is 0 Å². The van der Waals surface area contributed by atoms with E-state index in [1.807, 2.05) is 0 Å². The van der Waals surface area contributed by atoms with E-state index in [9.17, 15) is 4.79 Å². The van der Waals surface area contributed by atoms with Crippen molar-refractivity contribution in [3.63, 3.8) is 0 Å². The van der Waals surface area contributed by atoms with Gasteiger partial charge < -0.3 is 4.90 Å². The summed E-state index contributed by atoms with van der Waals surface area (Å²) >= 11 is 0. The van der Waals surface area contributed by atoms with E-state index in [2.05, 4.69) is 16.7 Å². The summed E-state index contributed by atoms with van der Waals surface area (Å²) in [5.41, 5.74) is 0. The topological polar surface area (TPSA) is 23.6 Å². The van der Waals surface area contributed by atoms with Crippen LogP contribution in [0.15, 0.2) is 0 Å².